The smallest absolute Gasteiger partial charge is 0.202 e. The Morgan fingerprint density at radius 1 is 1.40 bits per heavy atom. The van der Waals surface area contributed by atoms with Crippen LogP contribution in [0.3, 0.4) is 0 Å². The van der Waals surface area contributed by atoms with Crippen LogP contribution in [0.5, 0.6) is 0 Å². The second kappa shape index (κ2) is 3.24. The SMILES string of the molecule is CC(C)(CN)c1nc2cccc(N)c2o1. The highest BCUT2D eigenvalue weighted by atomic mass is 16.4. The third-order valence-electron chi connectivity index (χ3n) is 2.53. The predicted molar refractivity (Wildman–Crippen MR) is 60.5 cm³/mol. The summed E-state index contributed by atoms with van der Waals surface area (Å²) in [5.41, 5.74) is 13.2. The van der Waals surface area contributed by atoms with Gasteiger partial charge in [0.1, 0.15) is 5.52 Å². The molecule has 4 nitrogen and oxygen atoms in total. The van der Waals surface area contributed by atoms with Crippen LogP contribution in [-0.4, -0.2) is 11.5 Å². The molecule has 2 rings (SSSR count). The number of aromatic nitrogens is 1. The fourth-order valence-corrected chi connectivity index (χ4v) is 1.35. The number of oxazole rings is 1. The van der Waals surface area contributed by atoms with Gasteiger partial charge in [-0.3, -0.25) is 0 Å². The van der Waals surface area contributed by atoms with Crippen molar-refractivity contribution in [2.75, 3.05) is 12.3 Å². The van der Waals surface area contributed by atoms with Gasteiger partial charge in [-0.15, -0.1) is 0 Å². The number of hydrogen-bond donors (Lipinski definition) is 2. The largest absolute Gasteiger partial charge is 0.438 e. The molecule has 80 valence electrons. The van der Waals surface area contributed by atoms with Crippen LogP contribution in [0.15, 0.2) is 22.6 Å². The van der Waals surface area contributed by atoms with Crippen molar-refractivity contribution in [3.8, 4) is 0 Å². The first kappa shape index (κ1) is 9.98. The van der Waals surface area contributed by atoms with E-state index < -0.39 is 0 Å². The van der Waals surface area contributed by atoms with E-state index in [9.17, 15) is 0 Å². The van der Waals surface area contributed by atoms with Crippen molar-refractivity contribution in [3.63, 3.8) is 0 Å². The van der Waals surface area contributed by atoms with E-state index in [0.717, 1.165) is 5.52 Å². The van der Waals surface area contributed by atoms with E-state index in [1.807, 2.05) is 26.0 Å². The van der Waals surface area contributed by atoms with Gasteiger partial charge in [-0.25, -0.2) is 4.98 Å². The van der Waals surface area contributed by atoms with Crippen LogP contribution in [0, 0.1) is 0 Å². The van der Waals surface area contributed by atoms with Gasteiger partial charge in [0.05, 0.1) is 11.1 Å². The quantitative estimate of drug-likeness (QED) is 0.731. The van der Waals surface area contributed by atoms with Crippen LogP contribution < -0.4 is 11.5 Å². The molecule has 0 radical (unpaired) electrons. The first-order chi connectivity index (χ1) is 7.04. The van der Waals surface area contributed by atoms with Gasteiger partial charge in [-0.1, -0.05) is 6.07 Å². The van der Waals surface area contributed by atoms with Crippen molar-refractivity contribution >= 4 is 16.8 Å². The lowest BCUT2D eigenvalue weighted by atomic mass is 9.94. The van der Waals surface area contributed by atoms with Gasteiger partial charge in [-0.05, 0) is 26.0 Å². The summed E-state index contributed by atoms with van der Waals surface area (Å²) in [4.78, 5) is 4.39. The molecule has 1 aromatic carbocycles. The van der Waals surface area contributed by atoms with Crippen LogP contribution >= 0.6 is 0 Å². The monoisotopic (exact) mass is 205 g/mol. The van der Waals surface area contributed by atoms with Gasteiger partial charge >= 0.3 is 0 Å². The van der Waals surface area contributed by atoms with Crippen molar-refractivity contribution in [1.29, 1.82) is 0 Å². The van der Waals surface area contributed by atoms with E-state index in [1.165, 1.54) is 0 Å². The van der Waals surface area contributed by atoms with Gasteiger partial charge in [0.2, 0.25) is 5.89 Å². The van der Waals surface area contributed by atoms with Gasteiger partial charge in [0.15, 0.2) is 5.58 Å². The summed E-state index contributed by atoms with van der Waals surface area (Å²) in [5.74, 6) is 0.637. The van der Waals surface area contributed by atoms with Crippen LogP contribution in [0.25, 0.3) is 11.1 Å². The molecule has 0 unspecified atom stereocenters. The van der Waals surface area contributed by atoms with E-state index in [0.29, 0.717) is 23.7 Å². The van der Waals surface area contributed by atoms with E-state index in [-0.39, 0.29) is 5.41 Å². The number of nitrogens with zero attached hydrogens (tertiary/aromatic N) is 1. The molecule has 1 heterocycles. The highest BCUT2D eigenvalue weighted by molar-refractivity contribution is 5.84. The van der Waals surface area contributed by atoms with Gasteiger partial charge in [0, 0.05) is 6.54 Å². The molecular weight excluding hydrogens is 190 g/mol. The Balaban J connectivity index is 2.62. The fraction of sp³-hybridized carbons (Fsp3) is 0.364. The number of benzene rings is 1. The first-order valence-corrected chi connectivity index (χ1v) is 4.90. The first-order valence-electron chi connectivity index (χ1n) is 4.90. The van der Waals surface area contributed by atoms with E-state index in [1.54, 1.807) is 6.07 Å². The van der Waals surface area contributed by atoms with Crippen molar-refractivity contribution in [2.24, 2.45) is 5.73 Å². The normalized spacial score (nSPS) is 12.2. The number of para-hydroxylation sites is 1. The maximum Gasteiger partial charge on any atom is 0.202 e. The highest BCUT2D eigenvalue weighted by Gasteiger charge is 2.25. The van der Waals surface area contributed by atoms with Gasteiger partial charge < -0.3 is 15.9 Å². The average molecular weight is 205 g/mol. The second-order valence-corrected chi connectivity index (χ2v) is 4.30. The van der Waals surface area contributed by atoms with Crippen molar-refractivity contribution in [3.05, 3.63) is 24.1 Å². The van der Waals surface area contributed by atoms with Gasteiger partial charge in [0.25, 0.3) is 0 Å². The summed E-state index contributed by atoms with van der Waals surface area (Å²) in [6.07, 6.45) is 0. The second-order valence-electron chi connectivity index (χ2n) is 4.30. The molecule has 0 fully saturated rings. The summed E-state index contributed by atoms with van der Waals surface area (Å²) in [6, 6.07) is 5.54. The molecule has 0 spiro atoms. The zero-order valence-corrected chi connectivity index (χ0v) is 8.95. The van der Waals surface area contributed by atoms with Crippen LogP contribution in [-0.2, 0) is 5.41 Å². The standard InChI is InChI=1S/C11H15N3O/c1-11(2,6-12)10-14-8-5-3-4-7(13)9(8)15-10/h3-5H,6,12-13H2,1-2H3. The minimum absolute atomic E-state index is 0.258. The molecule has 15 heavy (non-hydrogen) atoms. The molecule has 2 aromatic rings. The third-order valence-corrected chi connectivity index (χ3v) is 2.53. The maximum absolute atomic E-state index is 5.79. The third kappa shape index (κ3) is 1.57. The summed E-state index contributed by atoms with van der Waals surface area (Å²) in [7, 11) is 0. The Kier molecular flexibility index (Phi) is 2.16. The molecule has 0 aliphatic carbocycles. The number of hydrogen-bond acceptors (Lipinski definition) is 4. The molecule has 0 amide bonds. The topological polar surface area (TPSA) is 78.1 Å². The van der Waals surface area contributed by atoms with Crippen LogP contribution in [0.4, 0.5) is 5.69 Å². The summed E-state index contributed by atoms with van der Waals surface area (Å²) in [6.45, 7) is 4.47. The van der Waals surface area contributed by atoms with Crippen molar-refractivity contribution in [1.82, 2.24) is 4.98 Å². The molecule has 4 heteroatoms. The Hall–Kier alpha value is -1.55. The Morgan fingerprint density at radius 2 is 2.13 bits per heavy atom. The molecule has 0 aliphatic heterocycles. The molecule has 0 bridgehead atoms. The molecule has 0 saturated carbocycles. The van der Waals surface area contributed by atoms with E-state index in [4.69, 9.17) is 15.9 Å². The Bertz CT molecular complexity index is 488. The zero-order chi connectivity index (χ0) is 11.1. The van der Waals surface area contributed by atoms with Gasteiger partial charge in [-0.2, -0.15) is 0 Å². The number of anilines is 1. The average Bonchev–Trinajstić information content (AvgIpc) is 2.64. The summed E-state index contributed by atoms with van der Waals surface area (Å²) >= 11 is 0. The lowest BCUT2D eigenvalue weighted by Crippen LogP contribution is -2.28. The molecule has 4 N–H and O–H groups in total. The molecular formula is C11H15N3O. The minimum Gasteiger partial charge on any atom is -0.438 e. The van der Waals surface area contributed by atoms with Crippen LogP contribution in [0.1, 0.15) is 19.7 Å². The van der Waals surface area contributed by atoms with Crippen molar-refractivity contribution < 1.29 is 4.42 Å². The van der Waals surface area contributed by atoms with E-state index >= 15 is 0 Å². The molecule has 0 aliphatic rings. The zero-order valence-electron chi connectivity index (χ0n) is 8.95. The minimum atomic E-state index is -0.258. The predicted octanol–water partition coefficient (Wildman–Crippen LogP) is 1.65. The number of nitrogen functional groups attached to an aromatic ring is 1. The number of fused-ring (bicyclic) bond motifs is 1. The fourth-order valence-electron chi connectivity index (χ4n) is 1.35. The number of rotatable bonds is 2. The lowest BCUT2D eigenvalue weighted by Gasteiger charge is -2.16. The van der Waals surface area contributed by atoms with Crippen LogP contribution in [0.2, 0.25) is 0 Å². The highest BCUT2D eigenvalue weighted by Crippen LogP contribution is 2.28. The van der Waals surface area contributed by atoms with Crippen molar-refractivity contribution in [2.45, 2.75) is 19.3 Å². The molecule has 1 aromatic heterocycles. The number of nitrogens with two attached hydrogens (primary N) is 2. The van der Waals surface area contributed by atoms with E-state index in [2.05, 4.69) is 4.98 Å². The summed E-state index contributed by atoms with van der Waals surface area (Å²) in [5, 5.41) is 0. The molecule has 0 atom stereocenters. The molecule has 0 saturated heterocycles. The maximum atomic E-state index is 5.79. The Morgan fingerprint density at radius 3 is 2.73 bits per heavy atom. The Labute approximate surface area is 88.3 Å². The summed E-state index contributed by atoms with van der Waals surface area (Å²) < 4.78 is 5.64. The lowest BCUT2D eigenvalue weighted by molar-refractivity contribution is 0.391.